The molecular weight excluding hydrogens is 382 g/mol. The highest BCUT2D eigenvalue weighted by molar-refractivity contribution is 5.80. The Hall–Kier alpha value is -2.74. The minimum atomic E-state index is -0.169. The Kier molecular flexibility index (Phi) is 6.13. The molecule has 30 heavy (non-hydrogen) atoms. The average Bonchev–Trinajstić information content (AvgIpc) is 3.35. The molecule has 8 heteroatoms. The highest BCUT2D eigenvalue weighted by Crippen LogP contribution is 2.41. The van der Waals surface area contributed by atoms with Crippen molar-refractivity contribution >= 4 is 5.96 Å². The summed E-state index contributed by atoms with van der Waals surface area (Å²) >= 11 is 0. The predicted octanol–water partition coefficient (Wildman–Crippen LogP) is 2.16. The molecule has 162 valence electrons. The summed E-state index contributed by atoms with van der Waals surface area (Å²) in [6.45, 7) is 10.0. The number of aromatic nitrogens is 1. The van der Waals surface area contributed by atoms with Gasteiger partial charge in [0.1, 0.15) is 18.5 Å². The van der Waals surface area contributed by atoms with E-state index in [1.807, 2.05) is 25.2 Å². The van der Waals surface area contributed by atoms with Crippen LogP contribution in [0.4, 0.5) is 0 Å². The van der Waals surface area contributed by atoms with Crippen molar-refractivity contribution in [1.29, 1.82) is 0 Å². The monoisotopic (exact) mass is 413 g/mol. The van der Waals surface area contributed by atoms with Gasteiger partial charge in [0.25, 0.3) is 0 Å². The lowest BCUT2D eigenvalue weighted by Gasteiger charge is -2.36. The third kappa shape index (κ3) is 4.87. The molecule has 1 aromatic carbocycles. The van der Waals surface area contributed by atoms with Gasteiger partial charge in [-0.15, -0.1) is 0 Å². The number of ether oxygens (including phenoxy) is 2. The summed E-state index contributed by atoms with van der Waals surface area (Å²) in [5.74, 6) is 2.61. The summed E-state index contributed by atoms with van der Waals surface area (Å²) in [5.41, 5.74) is 2.02. The fourth-order valence-corrected chi connectivity index (χ4v) is 4.02. The van der Waals surface area contributed by atoms with Gasteiger partial charge >= 0.3 is 0 Å². The molecule has 1 aromatic heterocycles. The lowest BCUT2D eigenvalue weighted by molar-refractivity contribution is 0.132. The Balaban J connectivity index is 1.21. The Bertz CT molecular complexity index is 858. The van der Waals surface area contributed by atoms with E-state index in [4.69, 9.17) is 14.0 Å². The Labute approximate surface area is 177 Å². The zero-order valence-electron chi connectivity index (χ0n) is 18.1. The van der Waals surface area contributed by atoms with Crippen molar-refractivity contribution in [2.75, 3.05) is 46.4 Å². The summed E-state index contributed by atoms with van der Waals surface area (Å²) in [6.07, 6.45) is 2.53. The van der Waals surface area contributed by atoms with Crippen molar-refractivity contribution < 1.29 is 14.0 Å². The molecule has 4 rings (SSSR count). The zero-order chi connectivity index (χ0) is 21.0. The van der Waals surface area contributed by atoms with Gasteiger partial charge in [0, 0.05) is 57.8 Å². The number of guanidine groups is 1. The van der Waals surface area contributed by atoms with E-state index in [0.29, 0.717) is 13.2 Å². The second kappa shape index (κ2) is 8.95. The molecule has 2 aliphatic heterocycles. The van der Waals surface area contributed by atoms with E-state index < -0.39 is 0 Å². The maximum Gasteiger partial charge on any atom is 0.193 e. The van der Waals surface area contributed by atoms with Crippen LogP contribution in [0.1, 0.15) is 25.1 Å². The van der Waals surface area contributed by atoms with Crippen molar-refractivity contribution in [3.05, 3.63) is 41.8 Å². The molecule has 1 saturated heterocycles. The van der Waals surface area contributed by atoms with Gasteiger partial charge in [-0.1, -0.05) is 17.3 Å². The molecule has 0 bridgehead atoms. The van der Waals surface area contributed by atoms with E-state index in [0.717, 1.165) is 62.3 Å². The minimum Gasteiger partial charge on any atom is -0.488 e. The Morgan fingerprint density at radius 1 is 1.23 bits per heavy atom. The molecule has 3 heterocycles. The molecule has 0 radical (unpaired) electrons. The molecule has 2 aromatic rings. The van der Waals surface area contributed by atoms with Crippen LogP contribution in [0.2, 0.25) is 0 Å². The standard InChI is InChI=1S/C22H31N5O3/c1-22(2)15-17-5-4-6-19(20(17)30-22)28-14-8-24-21(23-3)27-11-9-26(10-12-27)16-18-7-13-29-25-18/h4-7,13H,8-12,14-16H2,1-3H3,(H,23,24). The van der Waals surface area contributed by atoms with Crippen molar-refractivity contribution in [1.82, 2.24) is 20.3 Å². The van der Waals surface area contributed by atoms with Crippen LogP contribution in [0.15, 0.2) is 40.0 Å². The number of nitrogens with one attached hydrogen (secondary N) is 1. The summed E-state index contributed by atoms with van der Waals surface area (Å²) in [7, 11) is 1.82. The highest BCUT2D eigenvalue weighted by atomic mass is 16.5. The largest absolute Gasteiger partial charge is 0.488 e. The van der Waals surface area contributed by atoms with E-state index in [-0.39, 0.29) is 5.60 Å². The third-order valence-electron chi connectivity index (χ3n) is 5.46. The third-order valence-corrected chi connectivity index (χ3v) is 5.46. The van der Waals surface area contributed by atoms with Gasteiger partial charge in [0.2, 0.25) is 0 Å². The van der Waals surface area contributed by atoms with Crippen molar-refractivity contribution in [3.63, 3.8) is 0 Å². The van der Waals surface area contributed by atoms with Crippen LogP contribution in [0, 0.1) is 0 Å². The number of benzene rings is 1. The van der Waals surface area contributed by atoms with Crippen LogP contribution in [-0.2, 0) is 13.0 Å². The fourth-order valence-electron chi connectivity index (χ4n) is 4.02. The second-order valence-corrected chi connectivity index (χ2v) is 8.36. The zero-order valence-corrected chi connectivity index (χ0v) is 18.1. The second-order valence-electron chi connectivity index (χ2n) is 8.36. The van der Waals surface area contributed by atoms with Gasteiger partial charge in [0.15, 0.2) is 17.5 Å². The first kappa shape index (κ1) is 20.5. The van der Waals surface area contributed by atoms with Gasteiger partial charge in [-0.2, -0.15) is 0 Å². The molecule has 0 atom stereocenters. The molecule has 8 nitrogen and oxygen atoms in total. The molecular formula is C22H31N5O3. The Morgan fingerprint density at radius 3 is 2.80 bits per heavy atom. The average molecular weight is 414 g/mol. The first-order valence-electron chi connectivity index (χ1n) is 10.5. The predicted molar refractivity (Wildman–Crippen MR) is 115 cm³/mol. The first-order valence-corrected chi connectivity index (χ1v) is 10.5. The normalized spacial score (nSPS) is 18.8. The molecule has 0 amide bonds. The summed E-state index contributed by atoms with van der Waals surface area (Å²) in [6, 6.07) is 8.04. The van der Waals surface area contributed by atoms with Crippen LogP contribution >= 0.6 is 0 Å². The van der Waals surface area contributed by atoms with Crippen LogP contribution in [0.3, 0.4) is 0 Å². The summed E-state index contributed by atoms with van der Waals surface area (Å²) in [5, 5.41) is 7.41. The molecule has 0 unspecified atom stereocenters. The van der Waals surface area contributed by atoms with Gasteiger partial charge in [-0.25, -0.2) is 0 Å². The molecule has 1 fully saturated rings. The van der Waals surface area contributed by atoms with Crippen LogP contribution in [-0.4, -0.2) is 72.9 Å². The minimum absolute atomic E-state index is 0.169. The lowest BCUT2D eigenvalue weighted by Crippen LogP contribution is -2.52. The molecule has 0 saturated carbocycles. The molecule has 0 aliphatic carbocycles. The number of rotatable bonds is 6. The molecule has 0 spiro atoms. The van der Waals surface area contributed by atoms with Crippen molar-refractivity contribution in [3.8, 4) is 11.5 Å². The van der Waals surface area contributed by atoms with E-state index in [2.05, 4.69) is 45.2 Å². The Morgan fingerprint density at radius 2 is 2.07 bits per heavy atom. The van der Waals surface area contributed by atoms with Gasteiger partial charge < -0.3 is 24.2 Å². The number of piperazine rings is 1. The number of hydrogen-bond donors (Lipinski definition) is 1. The van der Waals surface area contributed by atoms with Gasteiger partial charge in [-0.3, -0.25) is 9.89 Å². The number of nitrogens with zero attached hydrogens (tertiary/aromatic N) is 4. The maximum absolute atomic E-state index is 6.08. The van der Waals surface area contributed by atoms with Crippen molar-refractivity contribution in [2.24, 2.45) is 4.99 Å². The van der Waals surface area contributed by atoms with Gasteiger partial charge in [0.05, 0.1) is 12.2 Å². The summed E-state index contributed by atoms with van der Waals surface area (Å²) < 4.78 is 17.0. The number of aliphatic imine (C=N–C) groups is 1. The topological polar surface area (TPSA) is 75.4 Å². The van der Waals surface area contributed by atoms with E-state index in [9.17, 15) is 0 Å². The van der Waals surface area contributed by atoms with Crippen LogP contribution < -0.4 is 14.8 Å². The van der Waals surface area contributed by atoms with Crippen LogP contribution in [0.5, 0.6) is 11.5 Å². The highest BCUT2D eigenvalue weighted by Gasteiger charge is 2.32. The number of hydrogen-bond acceptors (Lipinski definition) is 6. The summed E-state index contributed by atoms with van der Waals surface area (Å²) in [4.78, 5) is 9.10. The van der Waals surface area contributed by atoms with E-state index in [1.165, 1.54) is 5.56 Å². The van der Waals surface area contributed by atoms with E-state index >= 15 is 0 Å². The smallest absolute Gasteiger partial charge is 0.193 e. The fraction of sp³-hybridized carbons (Fsp3) is 0.545. The van der Waals surface area contributed by atoms with Gasteiger partial charge in [-0.05, 0) is 19.9 Å². The molecule has 1 N–H and O–H groups in total. The van der Waals surface area contributed by atoms with Crippen molar-refractivity contribution in [2.45, 2.75) is 32.4 Å². The van der Waals surface area contributed by atoms with E-state index in [1.54, 1.807) is 6.26 Å². The maximum atomic E-state index is 6.08. The molecule has 2 aliphatic rings. The number of para-hydroxylation sites is 1. The SMILES string of the molecule is CN=C(NCCOc1cccc2c1OC(C)(C)C2)N1CCN(Cc2ccon2)CC1. The van der Waals surface area contributed by atoms with Crippen LogP contribution in [0.25, 0.3) is 0 Å². The lowest BCUT2D eigenvalue weighted by atomic mass is 10.0. The number of fused-ring (bicyclic) bond motifs is 1. The first-order chi connectivity index (χ1) is 14.5. The quantitative estimate of drug-likeness (QED) is 0.442.